The van der Waals surface area contributed by atoms with Crippen LogP contribution in [0.1, 0.15) is 19.8 Å². The number of aliphatic hydroxyl groups is 1. The van der Waals surface area contributed by atoms with Gasteiger partial charge < -0.3 is 10.4 Å². The first-order valence-corrected chi connectivity index (χ1v) is 3.65. The van der Waals surface area contributed by atoms with E-state index in [-0.39, 0.29) is 18.4 Å². The van der Waals surface area contributed by atoms with Crippen LogP contribution < -0.4 is 5.32 Å². The van der Waals surface area contributed by atoms with Crippen LogP contribution in [0.4, 0.5) is 0 Å². The van der Waals surface area contributed by atoms with Crippen molar-refractivity contribution in [1.29, 1.82) is 0 Å². The lowest BCUT2D eigenvalue weighted by atomic mass is 10.2. The molecule has 0 aromatic rings. The second-order valence-corrected chi connectivity index (χ2v) is 2.87. The van der Waals surface area contributed by atoms with Crippen LogP contribution in [0.2, 0.25) is 0 Å². The molecule has 58 valence electrons. The number of hydrogen-bond acceptors (Lipinski definition) is 2. The fraction of sp³-hybridized carbons (Fsp3) is 0.857. The molecule has 0 radical (unpaired) electrons. The van der Waals surface area contributed by atoms with Crippen LogP contribution in [0, 0.1) is 5.92 Å². The largest absolute Gasteiger partial charge is 0.396 e. The molecule has 1 saturated carbocycles. The van der Waals surface area contributed by atoms with Gasteiger partial charge in [-0.25, -0.2) is 0 Å². The number of amides is 1. The van der Waals surface area contributed by atoms with E-state index in [0.29, 0.717) is 6.04 Å². The Morgan fingerprint density at radius 1 is 1.80 bits per heavy atom. The Hall–Kier alpha value is -0.570. The average Bonchev–Trinajstić information content (AvgIpc) is 2.70. The van der Waals surface area contributed by atoms with E-state index in [1.54, 1.807) is 6.92 Å². The Balaban J connectivity index is 2.18. The number of rotatable bonds is 3. The molecule has 0 heterocycles. The lowest BCUT2D eigenvalue weighted by Gasteiger charge is -2.07. The van der Waals surface area contributed by atoms with Crippen molar-refractivity contribution < 1.29 is 9.90 Å². The summed E-state index contributed by atoms with van der Waals surface area (Å²) in [4.78, 5) is 11.0. The van der Waals surface area contributed by atoms with Crippen molar-refractivity contribution in [2.75, 3.05) is 6.61 Å². The summed E-state index contributed by atoms with van der Waals surface area (Å²) in [6.07, 6.45) is 2.20. The highest BCUT2D eigenvalue weighted by Gasteiger charge is 2.24. The molecule has 1 unspecified atom stereocenters. The second kappa shape index (κ2) is 3.01. The molecule has 0 bridgehead atoms. The van der Waals surface area contributed by atoms with Crippen molar-refractivity contribution in [3.8, 4) is 0 Å². The van der Waals surface area contributed by atoms with Gasteiger partial charge in [0.2, 0.25) is 5.91 Å². The van der Waals surface area contributed by atoms with Gasteiger partial charge in [-0.15, -0.1) is 0 Å². The molecule has 0 aromatic heterocycles. The first-order valence-electron chi connectivity index (χ1n) is 3.65. The van der Waals surface area contributed by atoms with E-state index >= 15 is 0 Å². The van der Waals surface area contributed by atoms with Crippen LogP contribution in [0.25, 0.3) is 0 Å². The van der Waals surface area contributed by atoms with Gasteiger partial charge in [0.1, 0.15) is 0 Å². The van der Waals surface area contributed by atoms with E-state index in [1.807, 2.05) is 0 Å². The molecule has 3 heteroatoms. The van der Waals surface area contributed by atoms with Gasteiger partial charge in [-0.3, -0.25) is 4.79 Å². The Morgan fingerprint density at radius 2 is 2.40 bits per heavy atom. The number of aliphatic hydroxyl groups excluding tert-OH is 1. The van der Waals surface area contributed by atoms with Crippen molar-refractivity contribution in [3.63, 3.8) is 0 Å². The minimum absolute atomic E-state index is 0.0231. The Labute approximate surface area is 60.4 Å². The van der Waals surface area contributed by atoms with E-state index in [2.05, 4.69) is 5.32 Å². The van der Waals surface area contributed by atoms with Gasteiger partial charge in [0.05, 0.1) is 12.5 Å². The van der Waals surface area contributed by atoms with Crippen molar-refractivity contribution in [3.05, 3.63) is 0 Å². The Morgan fingerprint density at radius 3 is 2.80 bits per heavy atom. The highest BCUT2D eigenvalue weighted by atomic mass is 16.3. The summed E-state index contributed by atoms with van der Waals surface area (Å²) in [7, 11) is 0. The Kier molecular flexibility index (Phi) is 2.27. The zero-order valence-electron chi connectivity index (χ0n) is 6.13. The summed E-state index contributed by atoms with van der Waals surface area (Å²) < 4.78 is 0. The molecule has 0 aromatic carbocycles. The van der Waals surface area contributed by atoms with Crippen LogP contribution in [0.15, 0.2) is 0 Å². The molecular formula is C7H13NO2. The van der Waals surface area contributed by atoms with E-state index < -0.39 is 0 Å². The topological polar surface area (TPSA) is 49.3 Å². The molecule has 0 spiro atoms. The highest BCUT2D eigenvalue weighted by Crippen LogP contribution is 2.18. The predicted octanol–water partition coefficient (Wildman–Crippen LogP) is -0.107. The fourth-order valence-electron chi connectivity index (χ4n) is 0.654. The van der Waals surface area contributed by atoms with Crippen LogP contribution in [0.5, 0.6) is 0 Å². The lowest BCUT2D eigenvalue weighted by Crippen LogP contribution is -2.32. The van der Waals surface area contributed by atoms with Gasteiger partial charge in [0, 0.05) is 6.04 Å². The van der Waals surface area contributed by atoms with Crippen molar-refractivity contribution in [2.45, 2.75) is 25.8 Å². The van der Waals surface area contributed by atoms with Gasteiger partial charge in [-0.1, -0.05) is 6.92 Å². The average molecular weight is 143 g/mol. The molecule has 10 heavy (non-hydrogen) atoms. The molecule has 0 aliphatic heterocycles. The molecule has 0 saturated heterocycles. The van der Waals surface area contributed by atoms with Crippen molar-refractivity contribution in [2.24, 2.45) is 5.92 Å². The summed E-state index contributed by atoms with van der Waals surface area (Å²) in [5, 5.41) is 11.4. The maximum atomic E-state index is 11.0. The van der Waals surface area contributed by atoms with E-state index in [9.17, 15) is 4.79 Å². The maximum absolute atomic E-state index is 11.0. The zero-order chi connectivity index (χ0) is 7.56. The molecule has 1 amide bonds. The number of hydrogen-bond donors (Lipinski definition) is 2. The summed E-state index contributed by atoms with van der Waals surface area (Å²) in [6.45, 7) is 1.66. The summed E-state index contributed by atoms with van der Waals surface area (Å²) in [5.74, 6) is -0.273. The molecule has 1 aliphatic rings. The number of nitrogens with one attached hydrogen (secondary N) is 1. The third-order valence-electron chi connectivity index (χ3n) is 1.65. The van der Waals surface area contributed by atoms with Gasteiger partial charge >= 0.3 is 0 Å². The van der Waals surface area contributed by atoms with Gasteiger partial charge in [-0.05, 0) is 12.8 Å². The molecular weight excluding hydrogens is 130 g/mol. The highest BCUT2D eigenvalue weighted by molar-refractivity contribution is 5.78. The summed E-state index contributed by atoms with van der Waals surface area (Å²) in [5.41, 5.74) is 0. The normalized spacial score (nSPS) is 20.2. The first-order chi connectivity index (χ1) is 4.74. The third-order valence-corrected chi connectivity index (χ3v) is 1.65. The van der Waals surface area contributed by atoms with Crippen LogP contribution in [-0.4, -0.2) is 23.7 Å². The van der Waals surface area contributed by atoms with Crippen molar-refractivity contribution >= 4 is 5.91 Å². The zero-order valence-corrected chi connectivity index (χ0v) is 6.13. The molecule has 1 rings (SSSR count). The second-order valence-electron chi connectivity index (χ2n) is 2.87. The van der Waals surface area contributed by atoms with E-state index in [0.717, 1.165) is 12.8 Å². The molecule has 2 N–H and O–H groups in total. The standard InChI is InChI=1S/C7H13NO2/c1-5(4-9)7(10)8-6-2-3-6/h5-6,9H,2-4H2,1H3,(H,8,10). The lowest BCUT2D eigenvalue weighted by molar-refractivity contribution is -0.125. The van der Waals surface area contributed by atoms with E-state index in [4.69, 9.17) is 5.11 Å². The van der Waals surface area contributed by atoms with Crippen LogP contribution >= 0.6 is 0 Å². The van der Waals surface area contributed by atoms with Crippen LogP contribution in [0.3, 0.4) is 0 Å². The molecule has 1 fully saturated rings. The van der Waals surface area contributed by atoms with Gasteiger partial charge in [-0.2, -0.15) is 0 Å². The number of carbonyl (C=O) groups excluding carboxylic acids is 1. The summed E-state index contributed by atoms with van der Waals surface area (Å²) in [6, 6.07) is 0.404. The minimum Gasteiger partial charge on any atom is -0.396 e. The number of carbonyl (C=O) groups is 1. The van der Waals surface area contributed by atoms with Crippen molar-refractivity contribution in [1.82, 2.24) is 5.32 Å². The quantitative estimate of drug-likeness (QED) is 0.579. The third kappa shape index (κ3) is 1.99. The molecule has 1 aliphatic carbocycles. The van der Waals surface area contributed by atoms with Gasteiger partial charge in [0.15, 0.2) is 0 Å². The minimum atomic E-state index is -0.249. The monoisotopic (exact) mass is 143 g/mol. The molecule has 1 atom stereocenters. The maximum Gasteiger partial charge on any atom is 0.225 e. The molecule has 3 nitrogen and oxygen atoms in total. The van der Waals surface area contributed by atoms with E-state index in [1.165, 1.54) is 0 Å². The smallest absolute Gasteiger partial charge is 0.225 e. The van der Waals surface area contributed by atoms with Crippen LogP contribution in [-0.2, 0) is 4.79 Å². The first kappa shape index (κ1) is 7.54. The van der Waals surface area contributed by atoms with Gasteiger partial charge in [0.25, 0.3) is 0 Å². The predicted molar refractivity (Wildman–Crippen MR) is 37.4 cm³/mol. The summed E-state index contributed by atoms with van der Waals surface area (Å²) >= 11 is 0. The Bertz CT molecular complexity index is 132. The fourth-order valence-corrected chi connectivity index (χ4v) is 0.654. The SMILES string of the molecule is CC(CO)C(=O)NC1CC1.